The molecule has 1 N–H and O–H groups in total. The highest BCUT2D eigenvalue weighted by molar-refractivity contribution is 5.80. The van der Waals surface area contributed by atoms with Crippen LogP contribution in [0.4, 0.5) is 4.79 Å². The summed E-state index contributed by atoms with van der Waals surface area (Å²) in [6, 6.07) is 8.47. The van der Waals surface area contributed by atoms with Crippen molar-refractivity contribution >= 4 is 12.0 Å². The van der Waals surface area contributed by atoms with Gasteiger partial charge in [0.2, 0.25) is 5.91 Å². The van der Waals surface area contributed by atoms with Crippen molar-refractivity contribution in [2.45, 2.75) is 52.3 Å². The van der Waals surface area contributed by atoms with Crippen molar-refractivity contribution in [3.63, 3.8) is 0 Å². The van der Waals surface area contributed by atoms with Crippen LogP contribution in [0.15, 0.2) is 24.3 Å². The number of nitrogens with one attached hydrogen (secondary N) is 1. The second kappa shape index (κ2) is 10.5. The molecule has 2 amide bonds. The largest absolute Gasteiger partial charge is 0.444 e. The van der Waals surface area contributed by atoms with Gasteiger partial charge in [-0.15, -0.1) is 0 Å². The van der Waals surface area contributed by atoms with Crippen molar-refractivity contribution in [3.05, 3.63) is 35.4 Å². The summed E-state index contributed by atoms with van der Waals surface area (Å²) >= 11 is 0. The van der Waals surface area contributed by atoms with Crippen LogP contribution in [-0.2, 0) is 22.6 Å². The first-order valence-corrected chi connectivity index (χ1v) is 11.4. The van der Waals surface area contributed by atoms with E-state index in [2.05, 4.69) is 46.4 Å². The highest BCUT2D eigenvalue weighted by Crippen LogP contribution is 2.20. The lowest BCUT2D eigenvalue weighted by molar-refractivity contribution is -0.126. The molecule has 2 aliphatic rings. The number of nitrogens with zero attached hydrogens (tertiary/aromatic N) is 3. The van der Waals surface area contributed by atoms with Crippen LogP contribution in [0.3, 0.4) is 0 Å². The average Bonchev–Trinajstić information content (AvgIpc) is 2.73. The van der Waals surface area contributed by atoms with E-state index in [-0.39, 0.29) is 17.9 Å². The van der Waals surface area contributed by atoms with Crippen molar-refractivity contribution in [1.29, 1.82) is 0 Å². The van der Waals surface area contributed by atoms with Gasteiger partial charge in [0.15, 0.2) is 0 Å². The molecule has 0 aromatic heterocycles. The molecule has 0 saturated carbocycles. The monoisotopic (exact) mass is 430 g/mol. The van der Waals surface area contributed by atoms with Gasteiger partial charge in [-0.3, -0.25) is 9.69 Å². The first-order chi connectivity index (χ1) is 14.7. The molecule has 0 radical (unpaired) electrons. The number of piperazine rings is 1. The number of carbonyl (C=O) groups is 2. The highest BCUT2D eigenvalue weighted by atomic mass is 16.6. The normalized spacial score (nSPS) is 21.0. The summed E-state index contributed by atoms with van der Waals surface area (Å²) in [4.78, 5) is 31.6. The van der Waals surface area contributed by atoms with Crippen molar-refractivity contribution in [3.8, 4) is 0 Å². The van der Waals surface area contributed by atoms with E-state index in [1.807, 2.05) is 20.8 Å². The molecule has 1 aromatic rings. The topological polar surface area (TPSA) is 65.1 Å². The zero-order valence-electron chi connectivity index (χ0n) is 19.5. The molecule has 2 aliphatic heterocycles. The number of likely N-dealkylation sites (tertiary alicyclic amines) is 1. The number of benzene rings is 1. The lowest BCUT2D eigenvalue weighted by atomic mass is 9.97. The van der Waals surface area contributed by atoms with E-state index >= 15 is 0 Å². The molecule has 172 valence electrons. The van der Waals surface area contributed by atoms with Crippen molar-refractivity contribution in [2.24, 2.45) is 5.92 Å². The number of piperidine rings is 1. The van der Waals surface area contributed by atoms with Crippen LogP contribution in [-0.4, -0.2) is 78.6 Å². The number of hydrogen-bond acceptors (Lipinski definition) is 5. The molecule has 1 aromatic carbocycles. The fourth-order valence-corrected chi connectivity index (χ4v) is 4.12. The van der Waals surface area contributed by atoms with Crippen LogP contribution in [0.1, 0.15) is 44.7 Å². The minimum Gasteiger partial charge on any atom is -0.444 e. The maximum absolute atomic E-state index is 12.8. The van der Waals surface area contributed by atoms with Crippen molar-refractivity contribution < 1.29 is 14.3 Å². The average molecular weight is 431 g/mol. The molecule has 7 heteroatoms. The first kappa shape index (κ1) is 23.5. The van der Waals surface area contributed by atoms with Crippen LogP contribution < -0.4 is 5.32 Å². The van der Waals surface area contributed by atoms with Crippen LogP contribution in [0, 0.1) is 5.92 Å². The van der Waals surface area contributed by atoms with Gasteiger partial charge in [-0.25, -0.2) is 4.79 Å². The quantitative estimate of drug-likeness (QED) is 0.778. The summed E-state index contributed by atoms with van der Waals surface area (Å²) < 4.78 is 5.46. The molecule has 2 saturated heterocycles. The minimum absolute atomic E-state index is 0.0118. The predicted octanol–water partition coefficient (Wildman–Crippen LogP) is 2.70. The Labute approximate surface area is 186 Å². The fraction of sp³-hybridized carbons (Fsp3) is 0.667. The van der Waals surface area contributed by atoms with Gasteiger partial charge in [-0.2, -0.15) is 0 Å². The smallest absolute Gasteiger partial charge is 0.410 e. The molecule has 7 nitrogen and oxygen atoms in total. The van der Waals surface area contributed by atoms with Crippen LogP contribution in [0.5, 0.6) is 0 Å². The Hall–Kier alpha value is -2.12. The summed E-state index contributed by atoms with van der Waals surface area (Å²) in [5.74, 6) is -0.174. The third-order valence-electron chi connectivity index (χ3n) is 5.90. The lowest BCUT2D eigenvalue weighted by Gasteiger charge is -2.33. The second-order valence-corrected chi connectivity index (χ2v) is 9.88. The van der Waals surface area contributed by atoms with E-state index in [0.29, 0.717) is 19.6 Å². The molecular formula is C24H38N4O3. The molecule has 1 atom stereocenters. The summed E-state index contributed by atoms with van der Waals surface area (Å²) in [7, 11) is 2.17. The van der Waals surface area contributed by atoms with Crippen LogP contribution in [0.25, 0.3) is 0 Å². The molecule has 3 rings (SSSR count). The van der Waals surface area contributed by atoms with Gasteiger partial charge in [0.25, 0.3) is 0 Å². The molecule has 2 fully saturated rings. The van der Waals surface area contributed by atoms with Gasteiger partial charge >= 0.3 is 6.09 Å². The summed E-state index contributed by atoms with van der Waals surface area (Å²) in [6.07, 6.45) is 1.29. The Bertz CT molecular complexity index is 753. The number of ether oxygens (including phenoxy) is 1. The number of rotatable bonds is 5. The van der Waals surface area contributed by atoms with E-state index in [1.165, 1.54) is 5.56 Å². The van der Waals surface area contributed by atoms with Gasteiger partial charge in [0, 0.05) is 52.4 Å². The van der Waals surface area contributed by atoms with Crippen LogP contribution >= 0.6 is 0 Å². The number of amides is 2. The Morgan fingerprint density at radius 1 is 1.10 bits per heavy atom. The molecule has 31 heavy (non-hydrogen) atoms. The van der Waals surface area contributed by atoms with E-state index in [4.69, 9.17) is 4.74 Å². The van der Waals surface area contributed by atoms with Gasteiger partial charge in [-0.1, -0.05) is 24.3 Å². The maximum Gasteiger partial charge on any atom is 0.410 e. The van der Waals surface area contributed by atoms with E-state index in [9.17, 15) is 9.59 Å². The molecule has 0 bridgehead atoms. The van der Waals surface area contributed by atoms with Crippen molar-refractivity contribution in [2.75, 3.05) is 46.3 Å². The zero-order valence-corrected chi connectivity index (χ0v) is 19.5. The number of likely N-dealkylation sites (N-methyl/N-ethyl adjacent to an activating group) is 1. The van der Waals surface area contributed by atoms with Gasteiger partial charge in [0.05, 0.1) is 5.92 Å². The minimum atomic E-state index is -0.526. The molecule has 2 heterocycles. The third-order valence-corrected chi connectivity index (χ3v) is 5.90. The number of carbonyl (C=O) groups excluding carboxylic acids is 2. The second-order valence-electron chi connectivity index (χ2n) is 9.88. The Morgan fingerprint density at radius 2 is 1.81 bits per heavy atom. The molecule has 1 unspecified atom stereocenters. The van der Waals surface area contributed by atoms with E-state index in [1.54, 1.807) is 4.90 Å². The van der Waals surface area contributed by atoms with Gasteiger partial charge in [-0.05, 0) is 51.8 Å². The summed E-state index contributed by atoms with van der Waals surface area (Å²) in [5.41, 5.74) is 1.87. The predicted molar refractivity (Wildman–Crippen MR) is 122 cm³/mol. The SMILES string of the molecule is CN1CCN(Cc2cccc(CNC(=O)C3CCCN(C(=O)OC(C)(C)C)C3)c2)CC1. The molecule has 0 spiro atoms. The Morgan fingerprint density at radius 3 is 2.52 bits per heavy atom. The van der Waals surface area contributed by atoms with Crippen LogP contribution in [0.2, 0.25) is 0 Å². The van der Waals surface area contributed by atoms with Crippen molar-refractivity contribution in [1.82, 2.24) is 20.0 Å². The molecular weight excluding hydrogens is 392 g/mol. The number of hydrogen-bond donors (Lipinski definition) is 1. The Kier molecular flexibility index (Phi) is 7.94. The first-order valence-electron chi connectivity index (χ1n) is 11.4. The van der Waals surface area contributed by atoms with Gasteiger partial charge in [0.1, 0.15) is 5.60 Å². The fourth-order valence-electron chi connectivity index (χ4n) is 4.12. The summed E-state index contributed by atoms with van der Waals surface area (Å²) in [6.45, 7) is 12.5. The zero-order chi connectivity index (χ0) is 22.4. The standard InChI is InChI=1S/C24H38N4O3/c1-24(2,3)31-23(30)28-10-6-9-21(18-28)22(29)25-16-19-7-5-8-20(15-19)17-27-13-11-26(4)12-14-27/h5,7-8,15,21H,6,9-14,16-18H2,1-4H3,(H,25,29). The van der Waals surface area contributed by atoms with E-state index < -0.39 is 5.60 Å². The highest BCUT2D eigenvalue weighted by Gasteiger charge is 2.30. The lowest BCUT2D eigenvalue weighted by Crippen LogP contribution is -2.46. The summed E-state index contributed by atoms with van der Waals surface area (Å²) in [5, 5.41) is 3.08. The third kappa shape index (κ3) is 7.51. The maximum atomic E-state index is 12.8. The Balaban J connectivity index is 1.48. The molecule has 0 aliphatic carbocycles. The van der Waals surface area contributed by atoms with E-state index in [0.717, 1.165) is 51.1 Å². The van der Waals surface area contributed by atoms with Gasteiger partial charge < -0.3 is 19.9 Å².